The number of hydrogen-bond acceptors (Lipinski definition) is 5. The van der Waals surface area contributed by atoms with Gasteiger partial charge in [0.2, 0.25) is 0 Å². The van der Waals surface area contributed by atoms with Crippen molar-refractivity contribution in [1.82, 2.24) is 4.90 Å². The van der Waals surface area contributed by atoms with Gasteiger partial charge < -0.3 is 19.1 Å². The van der Waals surface area contributed by atoms with Gasteiger partial charge in [0.1, 0.15) is 13.2 Å². The number of nitrogens with zero attached hydrogens (tertiary/aromatic N) is 1. The van der Waals surface area contributed by atoms with Crippen molar-refractivity contribution in [2.75, 3.05) is 32.9 Å². The van der Waals surface area contributed by atoms with Crippen molar-refractivity contribution < 1.29 is 23.8 Å². The number of likely N-dealkylation sites (tertiary alicyclic amines) is 1. The number of benzene rings is 1. The molecule has 0 N–H and O–H groups in total. The molecule has 6 heteroatoms. The summed E-state index contributed by atoms with van der Waals surface area (Å²) < 4.78 is 16.1. The summed E-state index contributed by atoms with van der Waals surface area (Å²) in [4.78, 5) is 25.9. The number of carbonyl (C=O) groups excluding carboxylic acids is 2. The van der Waals surface area contributed by atoms with E-state index in [1.165, 1.54) is 6.08 Å². The van der Waals surface area contributed by atoms with E-state index in [1.54, 1.807) is 17.0 Å². The summed E-state index contributed by atoms with van der Waals surface area (Å²) in [6.07, 6.45) is 4.08. The summed E-state index contributed by atoms with van der Waals surface area (Å²) in [5, 5.41) is 0. The maximum absolute atomic E-state index is 12.2. The van der Waals surface area contributed by atoms with Gasteiger partial charge in [-0.3, -0.25) is 4.79 Å². The highest BCUT2D eigenvalue weighted by Crippen LogP contribution is 2.31. The zero-order valence-corrected chi connectivity index (χ0v) is 15.3. The first-order chi connectivity index (χ1) is 12.5. The molecule has 1 aromatic carbocycles. The largest absolute Gasteiger partial charge is 0.486 e. The van der Waals surface area contributed by atoms with Crippen molar-refractivity contribution in [3.05, 3.63) is 29.8 Å². The molecular formula is C20H25NO5. The van der Waals surface area contributed by atoms with Gasteiger partial charge in [0.05, 0.1) is 0 Å². The molecule has 0 saturated carbocycles. The molecule has 0 radical (unpaired) electrons. The quantitative estimate of drug-likeness (QED) is 0.610. The summed E-state index contributed by atoms with van der Waals surface area (Å²) in [5.41, 5.74) is 0.802. The van der Waals surface area contributed by atoms with Gasteiger partial charge in [0, 0.05) is 19.2 Å². The number of carbonyl (C=O) groups is 2. The number of fused-ring (bicyclic) bond motifs is 1. The zero-order valence-electron chi connectivity index (χ0n) is 15.3. The van der Waals surface area contributed by atoms with E-state index in [4.69, 9.17) is 14.2 Å². The van der Waals surface area contributed by atoms with Crippen LogP contribution in [0.5, 0.6) is 11.5 Å². The SMILES string of the molecule is C[C@H]1C[C@H](C)CN(C(=O)COC(=O)/C=C/c2ccc3c(c2)OCCO3)C1. The zero-order chi connectivity index (χ0) is 18.5. The fourth-order valence-corrected chi connectivity index (χ4v) is 3.47. The van der Waals surface area contributed by atoms with Crippen molar-refractivity contribution in [3.8, 4) is 11.5 Å². The smallest absolute Gasteiger partial charge is 0.331 e. The molecule has 2 aliphatic heterocycles. The monoisotopic (exact) mass is 359 g/mol. The van der Waals surface area contributed by atoms with Crippen LogP contribution in [0.25, 0.3) is 6.08 Å². The molecule has 3 rings (SSSR count). The predicted octanol–water partition coefficient (Wildman–Crippen LogP) is 2.52. The molecule has 26 heavy (non-hydrogen) atoms. The minimum absolute atomic E-state index is 0.135. The molecule has 1 saturated heterocycles. The lowest BCUT2D eigenvalue weighted by molar-refractivity contribution is -0.149. The van der Waals surface area contributed by atoms with E-state index in [2.05, 4.69) is 13.8 Å². The maximum Gasteiger partial charge on any atom is 0.331 e. The summed E-state index contributed by atoms with van der Waals surface area (Å²) in [7, 11) is 0. The summed E-state index contributed by atoms with van der Waals surface area (Å²) in [6, 6.07) is 5.45. The van der Waals surface area contributed by atoms with Gasteiger partial charge in [-0.25, -0.2) is 4.79 Å². The second-order valence-corrected chi connectivity index (χ2v) is 7.09. The number of esters is 1. The number of piperidine rings is 1. The van der Waals surface area contributed by atoms with Crippen LogP contribution in [-0.2, 0) is 14.3 Å². The van der Waals surface area contributed by atoms with E-state index < -0.39 is 5.97 Å². The van der Waals surface area contributed by atoms with Crippen molar-refractivity contribution in [1.29, 1.82) is 0 Å². The number of amides is 1. The maximum atomic E-state index is 12.2. The average Bonchev–Trinajstić information content (AvgIpc) is 2.63. The minimum atomic E-state index is -0.536. The van der Waals surface area contributed by atoms with Gasteiger partial charge in [0.15, 0.2) is 18.1 Å². The molecule has 6 nitrogen and oxygen atoms in total. The van der Waals surface area contributed by atoms with Crippen LogP contribution in [0.2, 0.25) is 0 Å². The van der Waals surface area contributed by atoms with Crippen LogP contribution in [0.1, 0.15) is 25.8 Å². The van der Waals surface area contributed by atoms with Gasteiger partial charge >= 0.3 is 5.97 Å². The Morgan fingerprint density at radius 2 is 1.85 bits per heavy atom. The second-order valence-electron chi connectivity index (χ2n) is 7.09. The average molecular weight is 359 g/mol. The fraction of sp³-hybridized carbons (Fsp3) is 0.500. The van der Waals surface area contributed by atoms with Crippen LogP contribution in [-0.4, -0.2) is 49.7 Å². The molecule has 0 unspecified atom stereocenters. The first kappa shape index (κ1) is 18.3. The summed E-state index contributed by atoms with van der Waals surface area (Å²) in [6.45, 7) is 6.57. The molecule has 1 aromatic rings. The Kier molecular flexibility index (Phi) is 5.81. The molecular weight excluding hydrogens is 334 g/mol. The highest BCUT2D eigenvalue weighted by atomic mass is 16.6. The Morgan fingerprint density at radius 3 is 2.58 bits per heavy atom. The topological polar surface area (TPSA) is 65.1 Å². The predicted molar refractivity (Wildman–Crippen MR) is 97.0 cm³/mol. The van der Waals surface area contributed by atoms with Crippen molar-refractivity contribution in [2.45, 2.75) is 20.3 Å². The van der Waals surface area contributed by atoms with E-state index in [1.807, 2.05) is 12.1 Å². The Hall–Kier alpha value is -2.50. The minimum Gasteiger partial charge on any atom is -0.486 e. The highest BCUT2D eigenvalue weighted by Gasteiger charge is 2.25. The summed E-state index contributed by atoms with van der Waals surface area (Å²) >= 11 is 0. The first-order valence-electron chi connectivity index (χ1n) is 9.03. The lowest BCUT2D eigenvalue weighted by Gasteiger charge is -2.34. The van der Waals surface area contributed by atoms with E-state index >= 15 is 0 Å². The Labute approximate surface area is 153 Å². The van der Waals surface area contributed by atoms with E-state index in [0.717, 1.165) is 25.1 Å². The third-order valence-electron chi connectivity index (χ3n) is 4.54. The normalized spacial score (nSPS) is 22.3. The van der Waals surface area contributed by atoms with Gasteiger partial charge in [-0.05, 0) is 42.0 Å². The molecule has 2 aliphatic rings. The Bertz CT molecular complexity index is 689. The molecule has 140 valence electrons. The van der Waals surface area contributed by atoms with E-state index in [0.29, 0.717) is 36.5 Å². The van der Waals surface area contributed by atoms with E-state index in [9.17, 15) is 9.59 Å². The highest BCUT2D eigenvalue weighted by molar-refractivity contribution is 5.89. The molecule has 1 amide bonds. The number of hydrogen-bond donors (Lipinski definition) is 0. The third kappa shape index (κ3) is 4.77. The van der Waals surface area contributed by atoms with Crippen molar-refractivity contribution in [3.63, 3.8) is 0 Å². The lowest BCUT2D eigenvalue weighted by Crippen LogP contribution is -2.44. The van der Waals surface area contributed by atoms with Crippen LogP contribution >= 0.6 is 0 Å². The molecule has 0 aromatic heterocycles. The molecule has 2 atom stereocenters. The van der Waals surface area contributed by atoms with Crippen LogP contribution in [0.15, 0.2) is 24.3 Å². The molecule has 0 spiro atoms. The standard InChI is InChI=1S/C20H25NO5/c1-14-9-15(2)12-21(11-14)19(22)13-26-20(23)6-4-16-3-5-17-18(10-16)25-8-7-24-17/h3-6,10,14-15H,7-9,11-13H2,1-2H3/b6-4+/t14-,15-/m0/s1. The molecule has 2 heterocycles. The molecule has 0 aliphatic carbocycles. The summed E-state index contributed by atoms with van der Waals surface area (Å²) in [5.74, 6) is 1.65. The fourth-order valence-electron chi connectivity index (χ4n) is 3.47. The van der Waals surface area contributed by atoms with Crippen LogP contribution in [0, 0.1) is 11.8 Å². The van der Waals surface area contributed by atoms with Gasteiger partial charge in [-0.1, -0.05) is 19.9 Å². The lowest BCUT2D eigenvalue weighted by atomic mass is 9.92. The Balaban J connectivity index is 1.49. The number of ether oxygens (including phenoxy) is 3. The Morgan fingerprint density at radius 1 is 1.15 bits per heavy atom. The third-order valence-corrected chi connectivity index (χ3v) is 4.54. The first-order valence-corrected chi connectivity index (χ1v) is 9.03. The van der Waals surface area contributed by atoms with Gasteiger partial charge in [-0.15, -0.1) is 0 Å². The van der Waals surface area contributed by atoms with Crippen LogP contribution in [0.3, 0.4) is 0 Å². The van der Waals surface area contributed by atoms with Gasteiger partial charge in [-0.2, -0.15) is 0 Å². The number of rotatable bonds is 4. The molecule has 1 fully saturated rings. The van der Waals surface area contributed by atoms with Crippen molar-refractivity contribution >= 4 is 18.0 Å². The van der Waals surface area contributed by atoms with Crippen LogP contribution in [0.4, 0.5) is 0 Å². The van der Waals surface area contributed by atoms with Gasteiger partial charge in [0.25, 0.3) is 5.91 Å². The van der Waals surface area contributed by atoms with E-state index in [-0.39, 0.29) is 12.5 Å². The second kappa shape index (κ2) is 8.25. The van der Waals surface area contributed by atoms with Crippen molar-refractivity contribution in [2.24, 2.45) is 11.8 Å². The molecule has 0 bridgehead atoms. The van der Waals surface area contributed by atoms with Crippen LogP contribution < -0.4 is 9.47 Å².